The van der Waals surface area contributed by atoms with Gasteiger partial charge in [-0.1, -0.05) is 12.1 Å². The highest BCUT2D eigenvalue weighted by molar-refractivity contribution is 7.18. The van der Waals surface area contributed by atoms with E-state index in [4.69, 9.17) is 9.40 Å². The molecule has 158 valence electrons. The van der Waals surface area contributed by atoms with Gasteiger partial charge in [0.05, 0.1) is 27.9 Å². The second-order valence-corrected chi connectivity index (χ2v) is 9.83. The summed E-state index contributed by atoms with van der Waals surface area (Å²) in [5.74, 6) is -0.506. The molecule has 1 aliphatic heterocycles. The molecule has 9 nitrogen and oxygen atoms in total. The van der Waals surface area contributed by atoms with Crippen molar-refractivity contribution in [3.63, 3.8) is 0 Å². The lowest BCUT2D eigenvalue weighted by Crippen LogP contribution is -2.45. The number of thiazole rings is 1. The highest BCUT2D eigenvalue weighted by atomic mass is 32.1. The third-order valence-electron chi connectivity index (χ3n) is 6.02. The summed E-state index contributed by atoms with van der Waals surface area (Å²) < 4.78 is 6.61. The Morgan fingerprint density at radius 1 is 1.32 bits per heavy atom. The number of hydrogen-bond acceptors (Lipinski definition) is 8. The molecule has 4 aromatic rings. The molecule has 1 aliphatic carbocycles. The van der Waals surface area contributed by atoms with Crippen LogP contribution in [0.5, 0.6) is 0 Å². The van der Waals surface area contributed by atoms with Crippen molar-refractivity contribution < 1.29 is 14.3 Å². The van der Waals surface area contributed by atoms with Crippen molar-refractivity contribution in [2.75, 3.05) is 6.54 Å². The Labute approximate surface area is 181 Å². The highest BCUT2D eigenvalue weighted by Crippen LogP contribution is 2.55. The number of aliphatic hydroxyl groups is 1. The van der Waals surface area contributed by atoms with Crippen molar-refractivity contribution in [3.05, 3.63) is 58.8 Å². The van der Waals surface area contributed by atoms with Crippen molar-refractivity contribution >= 4 is 27.5 Å². The number of hydrogen-bond donors (Lipinski definition) is 2. The van der Waals surface area contributed by atoms with E-state index in [1.54, 1.807) is 22.6 Å². The molecule has 1 atom stereocenters. The molecule has 0 radical (unpaired) electrons. The summed E-state index contributed by atoms with van der Waals surface area (Å²) in [6.07, 6.45) is 3.64. The van der Waals surface area contributed by atoms with E-state index in [2.05, 4.69) is 20.2 Å². The van der Waals surface area contributed by atoms with Gasteiger partial charge < -0.3 is 19.4 Å². The number of fused-ring (bicyclic) bond motifs is 3. The Bertz CT molecular complexity index is 1280. The minimum absolute atomic E-state index is 0.00719. The molecule has 1 spiro atoms. The predicted octanol–water partition coefficient (Wildman–Crippen LogP) is 2.91. The molecule has 10 heteroatoms. The van der Waals surface area contributed by atoms with E-state index in [0.717, 1.165) is 39.5 Å². The summed E-state index contributed by atoms with van der Waals surface area (Å²) >= 11 is 1.56. The zero-order chi connectivity index (χ0) is 21.4. The van der Waals surface area contributed by atoms with Gasteiger partial charge in [-0.05, 0) is 38.8 Å². The lowest BCUT2D eigenvalue weighted by atomic mass is 9.90. The monoisotopic (exact) mass is 436 g/mol. The molecular weight excluding hydrogens is 416 g/mol. The first-order valence-corrected chi connectivity index (χ1v) is 10.9. The van der Waals surface area contributed by atoms with Gasteiger partial charge in [0.1, 0.15) is 16.7 Å². The molecule has 1 saturated carbocycles. The number of benzene rings is 1. The van der Waals surface area contributed by atoms with Crippen LogP contribution in [0.1, 0.15) is 65.7 Å². The van der Waals surface area contributed by atoms with Gasteiger partial charge in [-0.2, -0.15) is 0 Å². The van der Waals surface area contributed by atoms with Gasteiger partial charge >= 0.3 is 11.8 Å². The maximum Gasteiger partial charge on any atom is 0.312 e. The summed E-state index contributed by atoms with van der Waals surface area (Å²) in [5.41, 5.74) is 1.33. The van der Waals surface area contributed by atoms with Gasteiger partial charge in [0.15, 0.2) is 0 Å². The number of H-pyrrole nitrogens is 1. The number of aromatic amines is 1. The number of para-hydroxylation sites is 1. The average Bonchev–Trinajstić information content (AvgIpc) is 3.18. The topological polar surface area (TPSA) is 121 Å². The Kier molecular flexibility index (Phi) is 3.73. The van der Waals surface area contributed by atoms with E-state index in [1.807, 2.05) is 24.3 Å². The number of nitrogens with one attached hydrogen (secondary N) is 1. The quantitative estimate of drug-likeness (QED) is 0.506. The second kappa shape index (κ2) is 6.21. The lowest BCUT2D eigenvalue weighted by Gasteiger charge is -2.37. The molecule has 1 amide bonds. The summed E-state index contributed by atoms with van der Waals surface area (Å²) in [4.78, 5) is 28.0. The smallest absolute Gasteiger partial charge is 0.312 e. The van der Waals surface area contributed by atoms with Crippen molar-refractivity contribution in [2.24, 2.45) is 0 Å². The van der Waals surface area contributed by atoms with Gasteiger partial charge in [0.25, 0.3) is 0 Å². The number of imidazole rings is 1. The van der Waals surface area contributed by atoms with Crippen LogP contribution in [0, 0.1) is 0 Å². The van der Waals surface area contributed by atoms with Gasteiger partial charge in [0, 0.05) is 12.0 Å². The molecule has 2 N–H and O–H groups in total. The Balaban J connectivity index is 1.47. The molecule has 3 aromatic heterocycles. The van der Waals surface area contributed by atoms with E-state index in [-0.39, 0.29) is 23.1 Å². The molecule has 0 unspecified atom stereocenters. The summed E-state index contributed by atoms with van der Waals surface area (Å²) in [6, 6.07) is 7.49. The highest BCUT2D eigenvalue weighted by Gasteiger charge is 2.56. The summed E-state index contributed by atoms with van der Waals surface area (Å²) in [5, 5.41) is 18.8. The number of nitrogens with zero attached hydrogens (tertiary/aromatic N) is 5. The van der Waals surface area contributed by atoms with E-state index in [0.29, 0.717) is 6.54 Å². The molecular formula is C21H20N6O3S. The van der Waals surface area contributed by atoms with E-state index in [9.17, 15) is 9.90 Å². The zero-order valence-corrected chi connectivity index (χ0v) is 17.8. The molecule has 0 saturated heterocycles. The van der Waals surface area contributed by atoms with E-state index in [1.165, 1.54) is 13.8 Å². The molecule has 31 heavy (non-hydrogen) atoms. The Hall–Kier alpha value is -3.11. The van der Waals surface area contributed by atoms with Gasteiger partial charge in [0.2, 0.25) is 5.89 Å². The minimum atomic E-state index is -1.33. The van der Waals surface area contributed by atoms with Crippen LogP contribution >= 0.6 is 11.3 Å². The molecule has 0 bridgehead atoms. The lowest BCUT2D eigenvalue weighted by molar-refractivity contribution is 0.0435. The standard InChI is InChI=1S/C21H20N6O3S/c1-20(2,29)19-26-25-16(30-19)18(28)27-9-21(7-8-21)15-13(22-10-23-15)14(27)17-24-11-5-3-4-6-12(11)31-17/h3-6,10,14,29H,7-9H2,1-2H3,(H,22,23)/t14-/m0/s1. The maximum atomic E-state index is 13.6. The summed E-state index contributed by atoms with van der Waals surface area (Å²) in [7, 11) is 0. The number of carbonyl (C=O) groups is 1. The zero-order valence-electron chi connectivity index (χ0n) is 17.0. The van der Waals surface area contributed by atoms with Crippen LogP contribution in [-0.4, -0.2) is 47.6 Å². The second-order valence-electron chi connectivity index (χ2n) is 8.77. The molecule has 2 aliphatic rings. The van der Waals surface area contributed by atoms with Crippen LogP contribution in [0.15, 0.2) is 35.0 Å². The minimum Gasteiger partial charge on any atom is -0.414 e. The van der Waals surface area contributed by atoms with Crippen molar-refractivity contribution in [1.29, 1.82) is 0 Å². The number of aromatic nitrogens is 5. The Morgan fingerprint density at radius 2 is 2.13 bits per heavy atom. The number of amides is 1. The van der Waals surface area contributed by atoms with Crippen LogP contribution in [-0.2, 0) is 11.0 Å². The van der Waals surface area contributed by atoms with Crippen LogP contribution < -0.4 is 0 Å². The number of rotatable bonds is 3. The average molecular weight is 436 g/mol. The maximum absolute atomic E-state index is 13.6. The fraction of sp³-hybridized carbons (Fsp3) is 0.381. The third kappa shape index (κ3) is 2.82. The van der Waals surface area contributed by atoms with Gasteiger partial charge in [-0.3, -0.25) is 4.79 Å². The van der Waals surface area contributed by atoms with Crippen LogP contribution in [0.4, 0.5) is 0 Å². The first kappa shape index (κ1) is 18.6. The SMILES string of the molecule is CC(C)(O)c1nnc(C(=O)N2CC3(CC3)c3nc[nH]c3[C@H]2c2nc3ccccc3s2)o1. The Morgan fingerprint density at radius 3 is 2.84 bits per heavy atom. The largest absolute Gasteiger partial charge is 0.414 e. The van der Waals surface area contributed by atoms with E-state index < -0.39 is 11.6 Å². The van der Waals surface area contributed by atoms with Crippen LogP contribution in [0.2, 0.25) is 0 Å². The molecule has 1 fully saturated rings. The molecule has 1 aromatic carbocycles. The predicted molar refractivity (Wildman–Crippen MR) is 112 cm³/mol. The fourth-order valence-corrected chi connectivity index (χ4v) is 5.35. The summed E-state index contributed by atoms with van der Waals surface area (Å²) in [6.45, 7) is 3.58. The van der Waals surface area contributed by atoms with Gasteiger partial charge in [-0.15, -0.1) is 21.5 Å². The van der Waals surface area contributed by atoms with E-state index >= 15 is 0 Å². The molecule has 4 heterocycles. The number of carbonyl (C=O) groups excluding carboxylic acids is 1. The molecule has 6 rings (SSSR count). The third-order valence-corrected chi connectivity index (χ3v) is 7.11. The first-order chi connectivity index (χ1) is 14.9. The van der Waals surface area contributed by atoms with Crippen LogP contribution in [0.25, 0.3) is 10.2 Å². The van der Waals surface area contributed by atoms with Gasteiger partial charge in [-0.25, -0.2) is 9.97 Å². The fourth-order valence-electron chi connectivity index (χ4n) is 4.26. The van der Waals surface area contributed by atoms with Crippen molar-refractivity contribution in [3.8, 4) is 0 Å². The van der Waals surface area contributed by atoms with Crippen molar-refractivity contribution in [1.82, 2.24) is 30.0 Å². The van der Waals surface area contributed by atoms with Crippen molar-refractivity contribution in [2.45, 2.75) is 43.7 Å². The first-order valence-electron chi connectivity index (χ1n) is 10.1. The normalized spacial score (nSPS) is 19.7. The van der Waals surface area contributed by atoms with Crippen LogP contribution in [0.3, 0.4) is 0 Å².